The third kappa shape index (κ3) is 2.43. The van der Waals surface area contributed by atoms with E-state index in [1.165, 1.54) is 23.0 Å². The molecular weight excluding hydrogens is 221 g/mol. The van der Waals surface area contributed by atoms with Crippen LogP contribution in [0.4, 0.5) is 9.18 Å². The fourth-order valence-electron chi connectivity index (χ4n) is 1.60. The molecule has 0 saturated carbocycles. The molecule has 0 bridgehead atoms. The average molecular weight is 235 g/mol. The lowest BCUT2D eigenvalue weighted by atomic mass is 10.3. The Morgan fingerprint density at radius 1 is 1.53 bits per heavy atom. The Morgan fingerprint density at radius 2 is 2.35 bits per heavy atom. The summed E-state index contributed by atoms with van der Waals surface area (Å²) in [6.07, 6.45) is 3.37. The molecule has 0 fully saturated rings. The van der Waals surface area contributed by atoms with Crippen LogP contribution in [0, 0.1) is 5.82 Å². The Balaban J connectivity index is 2.21. The third-order valence-electron chi connectivity index (χ3n) is 2.53. The fourth-order valence-corrected chi connectivity index (χ4v) is 1.60. The highest BCUT2D eigenvalue weighted by Crippen LogP contribution is 2.13. The normalized spacial score (nSPS) is 10.7. The topological polar surface area (TPSA) is 46.9 Å². The van der Waals surface area contributed by atoms with Crippen LogP contribution in [0.3, 0.4) is 0 Å². The Hall–Kier alpha value is -1.91. The van der Waals surface area contributed by atoms with Gasteiger partial charge in [0.1, 0.15) is 12.1 Å². The summed E-state index contributed by atoms with van der Waals surface area (Å²) < 4.78 is 14.3. The van der Waals surface area contributed by atoms with Gasteiger partial charge < -0.3 is 5.32 Å². The summed E-state index contributed by atoms with van der Waals surface area (Å²) >= 11 is 0. The van der Waals surface area contributed by atoms with Crippen LogP contribution in [-0.2, 0) is 0 Å². The van der Waals surface area contributed by atoms with Crippen LogP contribution in [0.2, 0.25) is 0 Å². The molecule has 2 rings (SSSR count). The lowest BCUT2D eigenvalue weighted by Crippen LogP contribution is -2.28. The van der Waals surface area contributed by atoms with Gasteiger partial charge in [0.2, 0.25) is 0 Å². The first kappa shape index (κ1) is 11.6. The molecule has 2 aromatic rings. The zero-order valence-electron chi connectivity index (χ0n) is 9.61. The molecule has 4 nitrogen and oxygen atoms in total. The Bertz CT molecular complexity index is 536. The van der Waals surface area contributed by atoms with Crippen molar-refractivity contribution in [1.82, 2.24) is 14.9 Å². The molecule has 0 unspecified atom stereocenters. The number of unbranched alkanes of at least 4 members (excludes halogenated alkanes) is 1. The SMILES string of the molecule is CCCCNC(=O)n1cnc2cc(F)ccc21. The number of hydrogen-bond acceptors (Lipinski definition) is 2. The molecule has 0 saturated heterocycles. The minimum Gasteiger partial charge on any atom is -0.337 e. The van der Waals surface area contributed by atoms with Gasteiger partial charge in [-0.05, 0) is 18.6 Å². The largest absolute Gasteiger partial charge is 0.337 e. The van der Waals surface area contributed by atoms with Crippen molar-refractivity contribution >= 4 is 17.1 Å². The molecule has 1 heterocycles. The van der Waals surface area contributed by atoms with E-state index in [2.05, 4.69) is 17.2 Å². The molecule has 0 atom stereocenters. The maximum atomic E-state index is 12.9. The molecule has 5 heteroatoms. The minimum absolute atomic E-state index is 0.229. The van der Waals surface area contributed by atoms with Gasteiger partial charge in [-0.2, -0.15) is 0 Å². The number of aromatic nitrogens is 2. The van der Waals surface area contributed by atoms with E-state index >= 15 is 0 Å². The highest BCUT2D eigenvalue weighted by Gasteiger charge is 2.09. The smallest absolute Gasteiger partial charge is 0.327 e. The summed E-state index contributed by atoms with van der Waals surface area (Å²) in [5.41, 5.74) is 1.09. The summed E-state index contributed by atoms with van der Waals surface area (Å²) in [6.45, 7) is 2.69. The highest BCUT2D eigenvalue weighted by atomic mass is 19.1. The van der Waals surface area contributed by atoms with Gasteiger partial charge in [-0.1, -0.05) is 13.3 Å². The molecule has 1 aromatic carbocycles. The van der Waals surface area contributed by atoms with Crippen molar-refractivity contribution in [2.75, 3.05) is 6.54 Å². The van der Waals surface area contributed by atoms with Crippen molar-refractivity contribution in [2.45, 2.75) is 19.8 Å². The van der Waals surface area contributed by atoms with E-state index in [0.29, 0.717) is 17.6 Å². The van der Waals surface area contributed by atoms with Gasteiger partial charge in [0, 0.05) is 12.6 Å². The molecule has 0 aliphatic carbocycles. The maximum Gasteiger partial charge on any atom is 0.327 e. The minimum atomic E-state index is -0.353. The first-order chi connectivity index (χ1) is 8.22. The lowest BCUT2D eigenvalue weighted by Gasteiger charge is -2.05. The molecule has 0 radical (unpaired) electrons. The van der Waals surface area contributed by atoms with Crippen molar-refractivity contribution in [3.05, 3.63) is 30.3 Å². The van der Waals surface area contributed by atoms with Crippen molar-refractivity contribution in [1.29, 1.82) is 0 Å². The summed E-state index contributed by atoms with van der Waals surface area (Å²) in [4.78, 5) is 15.8. The molecule has 1 aromatic heterocycles. The van der Waals surface area contributed by atoms with Crippen molar-refractivity contribution in [2.24, 2.45) is 0 Å². The van der Waals surface area contributed by atoms with Crippen LogP contribution in [0.1, 0.15) is 19.8 Å². The molecule has 1 N–H and O–H groups in total. The number of benzene rings is 1. The zero-order chi connectivity index (χ0) is 12.3. The molecule has 0 aliphatic rings. The quantitative estimate of drug-likeness (QED) is 0.831. The molecule has 17 heavy (non-hydrogen) atoms. The van der Waals surface area contributed by atoms with Crippen LogP contribution in [0.5, 0.6) is 0 Å². The van der Waals surface area contributed by atoms with Crippen LogP contribution in [-0.4, -0.2) is 22.1 Å². The number of fused-ring (bicyclic) bond motifs is 1. The summed E-state index contributed by atoms with van der Waals surface area (Å²) in [6, 6.07) is 3.95. The van der Waals surface area contributed by atoms with E-state index in [4.69, 9.17) is 0 Å². The first-order valence-corrected chi connectivity index (χ1v) is 5.63. The molecule has 1 amide bonds. The second-order valence-corrected chi connectivity index (χ2v) is 3.83. The Morgan fingerprint density at radius 3 is 3.12 bits per heavy atom. The number of carbonyl (C=O) groups is 1. The van der Waals surface area contributed by atoms with Crippen molar-refractivity contribution in [3.8, 4) is 0 Å². The second kappa shape index (κ2) is 4.95. The number of rotatable bonds is 3. The molecule has 90 valence electrons. The number of carbonyl (C=O) groups excluding carboxylic acids is 1. The average Bonchev–Trinajstić information content (AvgIpc) is 2.72. The molecule has 0 spiro atoms. The van der Waals surface area contributed by atoms with Gasteiger partial charge in [-0.3, -0.25) is 4.57 Å². The van der Waals surface area contributed by atoms with Gasteiger partial charge in [-0.15, -0.1) is 0 Å². The van der Waals surface area contributed by atoms with Gasteiger partial charge in [0.05, 0.1) is 11.0 Å². The lowest BCUT2D eigenvalue weighted by molar-refractivity contribution is 0.243. The fraction of sp³-hybridized carbons (Fsp3) is 0.333. The Kier molecular flexibility index (Phi) is 3.37. The van der Waals surface area contributed by atoms with Crippen molar-refractivity contribution < 1.29 is 9.18 Å². The van der Waals surface area contributed by atoms with Crippen LogP contribution < -0.4 is 5.32 Å². The van der Waals surface area contributed by atoms with Crippen LogP contribution in [0.15, 0.2) is 24.5 Å². The second-order valence-electron chi connectivity index (χ2n) is 3.83. The summed E-state index contributed by atoms with van der Waals surface area (Å²) in [5.74, 6) is -0.353. The number of nitrogens with one attached hydrogen (secondary N) is 1. The maximum absolute atomic E-state index is 12.9. The van der Waals surface area contributed by atoms with E-state index < -0.39 is 0 Å². The van der Waals surface area contributed by atoms with E-state index in [0.717, 1.165) is 12.8 Å². The number of nitrogens with zero attached hydrogens (tertiary/aromatic N) is 2. The molecular formula is C12H14FN3O. The van der Waals surface area contributed by atoms with E-state index in [9.17, 15) is 9.18 Å². The van der Waals surface area contributed by atoms with Crippen LogP contribution in [0.25, 0.3) is 11.0 Å². The monoisotopic (exact) mass is 235 g/mol. The molecule has 0 aliphatic heterocycles. The number of imidazole rings is 1. The predicted molar refractivity (Wildman–Crippen MR) is 63.4 cm³/mol. The highest BCUT2D eigenvalue weighted by molar-refractivity contribution is 5.88. The summed E-state index contributed by atoms with van der Waals surface area (Å²) in [7, 11) is 0. The van der Waals surface area contributed by atoms with Crippen LogP contribution >= 0.6 is 0 Å². The third-order valence-corrected chi connectivity index (χ3v) is 2.53. The van der Waals surface area contributed by atoms with Gasteiger partial charge in [0.15, 0.2) is 0 Å². The summed E-state index contributed by atoms with van der Waals surface area (Å²) in [5, 5.41) is 2.78. The number of halogens is 1. The Labute approximate surface area is 98.5 Å². The number of amides is 1. The van der Waals surface area contributed by atoms with Gasteiger partial charge in [-0.25, -0.2) is 14.2 Å². The zero-order valence-corrected chi connectivity index (χ0v) is 9.61. The van der Waals surface area contributed by atoms with Gasteiger partial charge in [0.25, 0.3) is 0 Å². The van der Waals surface area contributed by atoms with Crippen molar-refractivity contribution in [3.63, 3.8) is 0 Å². The predicted octanol–water partition coefficient (Wildman–Crippen LogP) is 2.53. The van der Waals surface area contributed by atoms with E-state index in [-0.39, 0.29) is 11.8 Å². The van der Waals surface area contributed by atoms with Gasteiger partial charge >= 0.3 is 6.03 Å². The first-order valence-electron chi connectivity index (χ1n) is 5.63. The number of hydrogen-bond donors (Lipinski definition) is 1. The van der Waals surface area contributed by atoms with E-state index in [1.807, 2.05) is 0 Å². The van der Waals surface area contributed by atoms with E-state index in [1.54, 1.807) is 6.07 Å². The standard InChI is InChI=1S/C12H14FN3O/c1-2-3-6-14-12(17)16-8-15-10-7-9(13)4-5-11(10)16/h4-5,7-8H,2-3,6H2,1H3,(H,14,17).